The standard InChI is InChI=1S/C20H30N2O4/c1-4-11-21(3)20(24)16-9-10-17(18(14-16)25-5-2)26-15-19(23)22-12-7-6-8-13-22/h9-10,14H,4-8,11-13,15H2,1-3H3. The number of amides is 2. The molecule has 0 aromatic heterocycles. The van der Waals surface area contributed by atoms with Crippen LogP contribution in [-0.4, -0.2) is 61.5 Å². The Morgan fingerprint density at radius 2 is 1.81 bits per heavy atom. The van der Waals surface area contributed by atoms with Crippen LogP contribution in [0, 0.1) is 0 Å². The van der Waals surface area contributed by atoms with E-state index >= 15 is 0 Å². The summed E-state index contributed by atoms with van der Waals surface area (Å²) in [5.74, 6) is 0.931. The molecular formula is C20H30N2O4. The van der Waals surface area contributed by atoms with Crippen LogP contribution >= 0.6 is 0 Å². The van der Waals surface area contributed by atoms with Gasteiger partial charge in [0, 0.05) is 32.2 Å². The lowest BCUT2D eigenvalue weighted by Gasteiger charge is -2.26. The molecule has 144 valence electrons. The minimum Gasteiger partial charge on any atom is -0.490 e. The van der Waals surface area contributed by atoms with Crippen LogP contribution in [0.25, 0.3) is 0 Å². The molecule has 0 atom stereocenters. The molecule has 6 nitrogen and oxygen atoms in total. The fourth-order valence-electron chi connectivity index (χ4n) is 3.06. The van der Waals surface area contributed by atoms with Crippen molar-refractivity contribution in [1.82, 2.24) is 9.80 Å². The Labute approximate surface area is 156 Å². The van der Waals surface area contributed by atoms with E-state index in [1.165, 1.54) is 6.42 Å². The molecule has 0 bridgehead atoms. The number of benzene rings is 1. The summed E-state index contributed by atoms with van der Waals surface area (Å²) in [5.41, 5.74) is 0.555. The molecule has 0 N–H and O–H groups in total. The number of hydrogen-bond acceptors (Lipinski definition) is 4. The van der Waals surface area contributed by atoms with Gasteiger partial charge in [-0.2, -0.15) is 0 Å². The number of nitrogens with zero attached hydrogens (tertiary/aromatic N) is 2. The number of hydrogen-bond donors (Lipinski definition) is 0. The van der Waals surface area contributed by atoms with E-state index < -0.39 is 0 Å². The fourth-order valence-corrected chi connectivity index (χ4v) is 3.06. The Bertz CT molecular complexity index is 612. The molecule has 0 radical (unpaired) electrons. The summed E-state index contributed by atoms with van der Waals surface area (Å²) in [5, 5.41) is 0. The normalized spacial score (nSPS) is 14.0. The Kier molecular flexibility index (Phi) is 7.75. The predicted octanol–water partition coefficient (Wildman–Crippen LogP) is 2.96. The molecule has 6 heteroatoms. The smallest absolute Gasteiger partial charge is 0.260 e. The van der Waals surface area contributed by atoms with Gasteiger partial charge in [0.25, 0.3) is 11.8 Å². The molecule has 1 aliphatic rings. The quantitative estimate of drug-likeness (QED) is 0.713. The summed E-state index contributed by atoms with van der Waals surface area (Å²) in [6.07, 6.45) is 4.19. The van der Waals surface area contributed by atoms with E-state index in [1.54, 1.807) is 30.1 Å². The lowest BCUT2D eigenvalue weighted by Crippen LogP contribution is -2.38. The monoisotopic (exact) mass is 362 g/mol. The third-order valence-electron chi connectivity index (χ3n) is 4.46. The minimum atomic E-state index is -0.0521. The van der Waals surface area contributed by atoms with E-state index in [9.17, 15) is 9.59 Å². The maximum Gasteiger partial charge on any atom is 0.260 e. The maximum absolute atomic E-state index is 12.4. The topological polar surface area (TPSA) is 59.1 Å². The second-order valence-electron chi connectivity index (χ2n) is 6.55. The van der Waals surface area contributed by atoms with Gasteiger partial charge in [0.05, 0.1) is 6.61 Å². The van der Waals surface area contributed by atoms with Crippen molar-refractivity contribution in [3.63, 3.8) is 0 Å². The molecule has 1 aromatic carbocycles. The van der Waals surface area contributed by atoms with Crippen molar-refractivity contribution in [3.05, 3.63) is 23.8 Å². The average molecular weight is 362 g/mol. The fraction of sp³-hybridized carbons (Fsp3) is 0.600. The lowest BCUT2D eigenvalue weighted by molar-refractivity contribution is -0.134. The van der Waals surface area contributed by atoms with Crippen LogP contribution in [0.5, 0.6) is 11.5 Å². The highest BCUT2D eigenvalue weighted by molar-refractivity contribution is 5.94. The SMILES string of the molecule is CCCN(C)C(=O)c1ccc(OCC(=O)N2CCCCC2)c(OCC)c1. The summed E-state index contributed by atoms with van der Waals surface area (Å²) in [7, 11) is 1.79. The second kappa shape index (κ2) is 10.0. The molecule has 0 spiro atoms. The van der Waals surface area contributed by atoms with Gasteiger partial charge in [-0.1, -0.05) is 6.92 Å². The summed E-state index contributed by atoms with van der Waals surface area (Å²) >= 11 is 0. The molecule has 0 unspecified atom stereocenters. The molecule has 0 saturated carbocycles. The van der Waals surface area contributed by atoms with Gasteiger partial charge in [0.2, 0.25) is 0 Å². The third-order valence-corrected chi connectivity index (χ3v) is 4.46. The van der Waals surface area contributed by atoms with E-state index in [4.69, 9.17) is 9.47 Å². The van der Waals surface area contributed by atoms with Crippen LogP contribution in [0.3, 0.4) is 0 Å². The van der Waals surface area contributed by atoms with Gasteiger partial charge in [0.1, 0.15) is 0 Å². The van der Waals surface area contributed by atoms with Crippen molar-refractivity contribution in [2.75, 3.05) is 39.9 Å². The molecular weight excluding hydrogens is 332 g/mol. The first-order valence-electron chi connectivity index (χ1n) is 9.49. The molecule has 2 amide bonds. The molecule has 0 aliphatic carbocycles. The van der Waals surface area contributed by atoms with Crippen LogP contribution in [0.4, 0.5) is 0 Å². The minimum absolute atomic E-state index is 0.00465. The molecule has 1 aromatic rings. The van der Waals surface area contributed by atoms with Gasteiger partial charge in [-0.15, -0.1) is 0 Å². The van der Waals surface area contributed by atoms with Gasteiger partial charge in [-0.3, -0.25) is 9.59 Å². The lowest BCUT2D eigenvalue weighted by atomic mass is 10.1. The second-order valence-corrected chi connectivity index (χ2v) is 6.55. The van der Waals surface area contributed by atoms with Crippen molar-refractivity contribution < 1.29 is 19.1 Å². The summed E-state index contributed by atoms with van der Waals surface area (Å²) < 4.78 is 11.3. The Hall–Kier alpha value is -2.24. The Balaban J connectivity index is 2.05. The molecule has 1 fully saturated rings. The predicted molar refractivity (Wildman–Crippen MR) is 101 cm³/mol. The summed E-state index contributed by atoms with van der Waals surface area (Å²) in [4.78, 5) is 28.3. The zero-order chi connectivity index (χ0) is 18.9. The molecule has 1 aliphatic heterocycles. The van der Waals surface area contributed by atoms with Crippen LogP contribution in [-0.2, 0) is 4.79 Å². The summed E-state index contributed by atoms with van der Waals surface area (Å²) in [6.45, 7) is 6.66. The van der Waals surface area contributed by atoms with Gasteiger partial charge < -0.3 is 19.3 Å². The number of carbonyl (C=O) groups excluding carboxylic acids is 2. The van der Waals surface area contributed by atoms with Crippen molar-refractivity contribution >= 4 is 11.8 Å². The van der Waals surface area contributed by atoms with Gasteiger partial charge in [-0.25, -0.2) is 0 Å². The highest BCUT2D eigenvalue weighted by Gasteiger charge is 2.19. The largest absolute Gasteiger partial charge is 0.490 e. The van der Waals surface area contributed by atoms with Crippen LogP contribution < -0.4 is 9.47 Å². The first kappa shape index (κ1) is 20.1. The molecule has 1 heterocycles. The van der Waals surface area contributed by atoms with Gasteiger partial charge in [-0.05, 0) is 50.8 Å². The van der Waals surface area contributed by atoms with E-state index in [0.29, 0.717) is 30.2 Å². The number of carbonyl (C=O) groups is 2. The highest BCUT2D eigenvalue weighted by atomic mass is 16.5. The number of ether oxygens (including phenoxy) is 2. The van der Waals surface area contributed by atoms with E-state index in [2.05, 4.69) is 0 Å². The zero-order valence-electron chi connectivity index (χ0n) is 16.1. The van der Waals surface area contributed by atoms with Crippen LogP contribution in [0.15, 0.2) is 18.2 Å². The van der Waals surface area contributed by atoms with E-state index in [1.807, 2.05) is 18.7 Å². The van der Waals surface area contributed by atoms with Crippen molar-refractivity contribution in [1.29, 1.82) is 0 Å². The Morgan fingerprint density at radius 1 is 1.08 bits per heavy atom. The number of likely N-dealkylation sites (tertiary alicyclic amines) is 1. The van der Waals surface area contributed by atoms with Crippen LogP contribution in [0.1, 0.15) is 49.9 Å². The molecule has 1 saturated heterocycles. The average Bonchev–Trinajstić information content (AvgIpc) is 2.67. The van der Waals surface area contributed by atoms with Crippen LogP contribution in [0.2, 0.25) is 0 Å². The number of rotatable bonds is 8. The highest BCUT2D eigenvalue weighted by Crippen LogP contribution is 2.29. The van der Waals surface area contributed by atoms with Crippen molar-refractivity contribution in [3.8, 4) is 11.5 Å². The third kappa shape index (κ3) is 5.38. The van der Waals surface area contributed by atoms with Gasteiger partial charge in [0.15, 0.2) is 18.1 Å². The molecule has 2 rings (SSSR count). The van der Waals surface area contributed by atoms with E-state index in [-0.39, 0.29) is 18.4 Å². The first-order chi connectivity index (χ1) is 12.6. The Morgan fingerprint density at radius 3 is 2.46 bits per heavy atom. The van der Waals surface area contributed by atoms with Crippen molar-refractivity contribution in [2.24, 2.45) is 0 Å². The van der Waals surface area contributed by atoms with Gasteiger partial charge >= 0.3 is 0 Å². The number of piperidine rings is 1. The summed E-state index contributed by atoms with van der Waals surface area (Å²) in [6, 6.07) is 5.12. The maximum atomic E-state index is 12.4. The zero-order valence-corrected chi connectivity index (χ0v) is 16.1. The van der Waals surface area contributed by atoms with Crippen molar-refractivity contribution in [2.45, 2.75) is 39.5 Å². The first-order valence-corrected chi connectivity index (χ1v) is 9.49. The molecule has 26 heavy (non-hydrogen) atoms. The van der Waals surface area contributed by atoms with E-state index in [0.717, 1.165) is 32.4 Å².